The maximum absolute atomic E-state index is 7.02. The second-order valence-electron chi connectivity index (χ2n) is 12.6. The summed E-state index contributed by atoms with van der Waals surface area (Å²) in [7, 11) is 0. The van der Waals surface area contributed by atoms with Crippen molar-refractivity contribution in [3.63, 3.8) is 0 Å². The molecule has 0 unspecified atom stereocenters. The van der Waals surface area contributed by atoms with Crippen molar-refractivity contribution in [2.45, 2.75) is 0 Å². The fourth-order valence-corrected chi connectivity index (χ4v) is 7.52. The molecule has 0 N–H and O–H groups in total. The number of rotatable bonds is 5. The molecule has 5 nitrogen and oxygen atoms in total. The number of aromatic nitrogens is 5. The summed E-state index contributed by atoms with van der Waals surface area (Å²) < 4.78 is 4.69. The van der Waals surface area contributed by atoms with Gasteiger partial charge in [-0.05, 0) is 54.6 Å². The van der Waals surface area contributed by atoms with Gasteiger partial charge in [0.25, 0.3) is 0 Å². The van der Waals surface area contributed by atoms with Gasteiger partial charge in [0.2, 0.25) is 0 Å². The quantitative estimate of drug-likeness (QED) is 0.183. The fourth-order valence-electron chi connectivity index (χ4n) is 7.32. The molecule has 0 fully saturated rings. The molecular weight excluding hydrogens is 646 g/mol. The SMILES string of the molecule is Clc1ccc(-n2c3ccccc3c3cc4c5ccccc5n(-c5ccccc5)c4cc32)cc1-c1nc(-c2ccccc2)nc(-c2ccccc2)n1. The topological polar surface area (TPSA) is 48.5 Å². The molecule has 0 aliphatic rings. The number of nitrogens with zero attached hydrogens (tertiary/aromatic N) is 5. The lowest BCUT2D eigenvalue weighted by Crippen LogP contribution is -2.01. The van der Waals surface area contributed by atoms with Gasteiger partial charge in [0.1, 0.15) is 0 Å². The van der Waals surface area contributed by atoms with Crippen molar-refractivity contribution in [1.29, 1.82) is 0 Å². The van der Waals surface area contributed by atoms with Crippen LogP contribution in [0.3, 0.4) is 0 Å². The summed E-state index contributed by atoms with van der Waals surface area (Å²) in [4.78, 5) is 14.9. The van der Waals surface area contributed by atoms with Crippen molar-refractivity contribution >= 4 is 55.2 Å². The lowest BCUT2D eigenvalue weighted by atomic mass is 10.1. The summed E-state index contributed by atoms with van der Waals surface area (Å²) in [6.45, 7) is 0. The minimum atomic E-state index is 0.516. The molecule has 0 saturated carbocycles. The van der Waals surface area contributed by atoms with Crippen molar-refractivity contribution in [3.05, 3.63) is 175 Å². The van der Waals surface area contributed by atoms with Crippen molar-refractivity contribution in [3.8, 4) is 45.5 Å². The summed E-state index contributed by atoms with van der Waals surface area (Å²) in [6, 6.07) is 58.6. The smallest absolute Gasteiger partial charge is 0.165 e. The van der Waals surface area contributed by atoms with Crippen LogP contribution in [0, 0.1) is 0 Å². The molecule has 6 heteroatoms. The van der Waals surface area contributed by atoms with Crippen LogP contribution >= 0.6 is 11.6 Å². The Morgan fingerprint density at radius 3 is 1.39 bits per heavy atom. The lowest BCUT2D eigenvalue weighted by molar-refractivity contribution is 1.07. The summed E-state index contributed by atoms with van der Waals surface area (Å²) in [5.41, 5.74) is 9.16. The minimum absolute atomic E-state index is 0.516. The molecule has 0 atom stereocenters. The standard InChI is InChI=1S/C45H28ClN5/c46-38-25-24-32(26-37(38)45-48-43(29-14-4-1-5-15-29)47-44(49-45)30-16-6-2-7-17-30)51-40-23-13-11-21-34(40)36-27-35-33-20-10-12-22-39(33)50(41(35)28-42(36)51)31-18-8-3-9-19-31/h1-28H. The van der Waals surface area contributed by atoms with Crippen molar-refractivity contribution < 1.29 is 0 Å². The largest absolute Gasteiger partial charge is 0.309 e. The van der Waals surface area contributed by atoms with Gasteiger partial charge in [-0.2, -0.15) is 0 Å². The third-order valence-corrected chi connectivity index (χ3v) is 9.96. The molecule has 0 amide bonds. The first-order chi connectivity index (χ1) is 25.2. The van der Waals surface area contributed by atoms with Crippen LogP contribution in [0.2, 0.25) is 5.02 Å². The van der Waals surface area contributed by atoms with Crippen molar-refractivity contribution in [2.75, 3.05) is 0 Å². The number of benzene rings is 7. The number of para-hydroxylation sites is 3. The van der Waals surface area contributed by atoms with Gasteiger partial charge in [-0.15, -0.1) is 0 Å². The van der Waals surface area contributed by atoms with E-state index in [1.807, 2.05) is 66.7 Å². The summed E-state index contributed by atoms with van der Waals surface area (Å²) in [5.74, 6) is 1.70. The van der Waals surface area contributed by atoms with Gasteiger partial charge in [-0.25, -0.2) is 15.0 Å². The van der Waals surface area contributed by atoms with E-state index in [2.05, 4.69) is 112 Å². The zero-order valence-corrected chi connectivity index (χ0v) is 28.0. The van der Waals surface area contributed by atoms with E-state index < -0.39 is 0 Å². The Kier molecular flexibility index (Phi) is 6.79. The first-order valence-corrected chi connectivity index (χ1v) is 17.3. The number of hydrogen-bond acceptors (Lipinski definition) is 3. The lowest BCUT2D eigenvalue weighted by Gasteiger charge is -2.13. The fraction of sp³-hybridized carbons (Fsp3) is 0. The van der Waals surface area contributed by atoms with Crippen LogP contribution in [0.5, 0.6) is 0 Å². The van der Waals surface area contributed by atoms with Crippen LogP contribution < -0.4 is 0 Å². The first-order valence-electron chi connectivity index (χ1n) is 16.9. The van der Waals surface area contributed by atoms with Gasteiger partial charge in [0.05, 0.1) is 27.1 Å². The molecular formula is C45H28ClN5. The predicted molar refractivity (Wildman–Crippen MR) is 210 cm³/mol. The van der Waals surface area contributed by atoms with E-state index in [4.69, 9.17) is 26.6 Å². The molecule has 51 heavy (non-hydrogen) atoms. The molecule has 0 radical (unpaired) electrons. The van der Waals surface area contributed by atoms with E-state index in [-0.39, 0.29) is 0 Å². The summed E-state index contributed by atoms with van der Waals surface area (Å²) in [5, 5.41) is 5.37. The Balaban J connectivity index is 1.24. The Morgan fingerprint density at radius 2 is 0.824 bits per heavy atom. The molecule has 10 aromatic rings. The van der Waals surface area contributed by atoms with Crippen molar-refractivity contribution in [1.82, 2.24) is 24.1 Å². The third-order valence-electron chi connectivity index (χ3n) is 9.63. The number of halogens is 1. The van der Waals surface area contributed by atoms with E-state index in [0.717, 1.165) is 44.6 Å². The molecule has 0 aliphatic carbocycles. The monoisotopic (exact) mass is 673 g/mol. The number of fused-ring (bicyclic) bond motifs is 6. The van der Waals surface area contributed by atoms with Gasteiger partial charge in [0, 0.05) is 49.6 Å². The van der Waals surface area contributed by atoms with Gasteiger partial charge in [-0.1, -0.05) is 127 Å². The highest BCUT2D eigenvalue weighted by Crippen LogP contribution is 2.40. The molecule has 3 heterocycles. The van der Waals surface area contributed by atoms with Crippen LogP contribution in [0.4, 0.5) is 0 Å². The molecule has 3 aromatic heterocycles. The van der Waals surface area contributed by atoms with Crippen LogP contribution in [-0.4, -0.2) is 24.1 Å². The van der Waals surface area contributed by atoms with E-state index in [0.29, 0.717) is 22.5 Å². The Labute approximate surface area is 298 Å². The predicted octanol–water partition coefficient (Wildman–Crippen LogP) is 11.7. The second kappa shape index (κ2) is 11.8. The maximum atomic E-state index is 7.02. The molecule has 0 bridgehead atoms. The molecule has 240 valence electrons. The summed E-state index contributed by atoms with van der Waals surface area (Å²) >= 11 is 7.02. The highest BCUT2D eigenvalue weighted by Gasteiger charge is 2.20. The van der Waals surface area contributed by atoms with Crippen molar-refractivity contribution in [2.24, 2.45) is 0 Å². The zero-order valence-electron chi connectivity index (χ0n) is 27.3. The van der Waals surface area contributed by atoms with Gasteiger partial charge in [0.15, 0.2) is 17.5 Å². The van der Waals surface area contributed by atoms with Gasteiger partial charge in [-0.3, -0.25) is 0 Å². The van der Waals surface area contributed by atoms with Crippen LogP contribution in [0.1, 0.15) is 0 Å². The molecule has 0 spiro atoms. The van der Waals surface area contributed by atoms with E-state index in [1.165, 1.54) is 27.1 Å². The minimum Gasteiger partial charge on any atom is -0.309 e. The van der Waals surface area contributed by atoms with Crippen LogP contribution in [-0.2, 0) is 0 Å². The molecule has 7 aromatic carbocycles. The highest BCUT2D eigenvalue weighted by molar-refractivity contribution is 6.33. The Hall–Kier alpha value is -6.56. The normalized spacial score (nSPS) is 11.6. The van der Waals surface area contributed by atoms with E-state index in [9.17, 15) is 0 Å². The average Bonchev–Trinajstić information content (AvgIpc) is 3.70. The Morgan fingerprint density at radius 1 is 0.353 bits per heavy atom. The van der Waals surface area contributed by atoms with E-state index >= 15 is 0 Å². The zero-order chi connectivity index (χ0) is 33.9. The second-order valence-corrected chi connectivity index (χ2v) is 13.0. The number of hydrogen-bond donors (Lipinski definition) is 0. The summed E-state index contributed by atoms with van der Waals surface area (Å²) in [6.07, 6.45) is 0. The molecule has 0 saturated heterocycles. The van der Waals surface area contributed by atoms with E-state index in [1.54, 1.807) is 0 Å². The van der Waals surface area contributed by atoms with Gasteiger partial charge >= 0.3 is 0 Å². The third kappa shape index (κ3) is 4.82. The maximum Gasteiger partial charge on any atom is 0.165 e. The Bertz CT molecular complexity index is 2860. The molecule has 0 aliphatic heterocycles. The van der Waals surface area contributed by atoms with Crippen LogP contribution in [0.25, 0.3) is 89.2 Å². The van der Waals surface area contributed by atoms with Gasteiger partial charge < -0.3 is 9.13 Å². The molecule has 10 rings (SSSR count). The van der Waals surface area contributed by atoms with Crippen LogP contribution in [0.15, 0.2) is 170 Å². The first kappa shape index (κ1) is 29.4. The average molecular weight is 674 g/mol. The highest BCUT2D eigenvalue weighted by atomic mass is 35.5.